The topological polar surface area (TPSA) is 89.3 Å². The predicted molar refractivity (Wildman–Crippen MR) is 89.9 cm³/mol. The van der Waals surface area contributed by atoms with E-state index in [4.69, 9.17) is 16.7 Å². The van der Waals surface area contributed by atoms with Crippen LogP contribution in [-0.4, -0.2) is 14.3 Å². The van der Waals surface area contributed by atoms with Crippen LogP contribution in [0, 0.1) is 3.57 Å². The van der Waals surface area contributed by atoms with Gasteiger partial charge in [0.1, 0.15) is 4.90 Å². The molecule has 0 saturated carbocycles. The molecule has 0 spiro atoms. The summed E-state index contributed by atoms with van der Waals surface area (Å²) in [6.45, 7) is 0. The van der Waals surface area contributed by atoms with Crippen LogP contribution in [0.15, 0.2) is 47.4 Å². The molecule has 0 radical (unpaired) electrons. The molecule has 3 N–H and O–H groups in total. The minimum absolute atomic E-state index is 0.0436. The van der Waals surface area contributed by atoms with Crippen LogP contribution < -0.4 is 10.5 Å². The summed E-state index contributed by atoms with van der Waals surface area (Å²) in [5.74, 6) is -0.312. The van der Waals surface area contributed by atoms with E-state index in [2.05, 4.69) is 27.9 Å². The third kappa shape index (κ3) is 4.16. The number of nitrogens with one attached hydrogen (secondary N) is 1. The van der Waals surface area contributed by atoms with Crippen LogP contribution in [0.4, 0.5) is 5.69 Å². The highest BCUT2D eigenvalue weighted by Crippen LogP contribution is 2.24. The van der Waals surface area contributed by atoms with Gasteiger partial charge in [0.15, 0.2) is 0 Å². The molecule has 0 heterocycles. The molecule has 21 heavy (non-hydrogen) atoms. The van der Waals surface area contributed by atoms with Gasteiger partial charge in [0.25, 0.3) is 5.91 Å². The summed E-state index contributed by atoms with van der Waals surface area (Å²) in [4.78, 5) is 11.9. The van der Waals surface area contributed by atoms with Crippen molar-refractivity contribution in [1.82, 2.24) is 0 Å². The van der Waals surface area contributed by atoms with Crippen molar-refractivity contribution < 1.29 is 13.2 Å². The van der Waals surface area contributed by atoms with Crippen LogP contribution in [0.1, 0.15) is 10.4 Å². The monoisotopic (exact) mass is 436 g/mol. The number of amides is 1. The maximum absolute atomic E-state index is 12.1. The molecule has 5 nitrogen and oxygen atoms in total. The summed E-state index contributed by atoms with van der Waals surface area (Å²) in [6.07, 6.45) is 0. The van der Waals surface area contributed by atoms with E-state index in [9.17, 15) is 13.2 Å². The summed E-state index contributed by atoms with van der Waals surface area (Å²) in [5, 5.41) is 7.62. The number of primary sulfonamides is 1. The first-order valence-corrected chi connectivity index (χ1v) is 8.67. The summed E-state index contributed by atoms with van der Waals surface area (Å²) >= 11 is 7.96. The molecule has 2 aromatic carbocycles. The van der Waals surface area contributed by atoms with Crippen molar-refractivity contribution in [3.05, 3.63) is 56.6 Å². The smallest absolute Gasteiger partial charge is 0.255 e. The molecule has 0 aromatic heterocycles. The number of nitrogens with two attached hydrogens (primary N) is 1. The molecular weight excluding hydrogens is 427 g/mol. The number of carbonyl (C=O) groups is 1. The fourth-order valence-corrected chi connectivity index (χ4v) is 3.28. The Morgan fingerprint density at radius 2 is 1.90 bits per heavy atom. The Labute approximate surface area is 140 Å². The summed E-state index contributed by atoms with van der Waals surface area (Å²) in [7, 11) is -3.88. The molecule has 0 unspecified atom stereocenters. The van der Waals surface area contributed by atoms with E-state index in [1.165, 1.54) is 18.2 Å². The van der Waals surface area contributed by atoms with E-state index in [0.29, 0.717) is 11.3 Å². The average Bonchev–Trinajstić information content (AvgIpc) is 2.37. The largest absolute Gasteiger partial charge is 0.322 e. The Balaban J connectivity index is 2.25. The van der Waals surface area contributed by atoms with Crippen molar-refractivity contribution in [3.63, 3.8) is 0 Å². The zero-order valence-corrected chi connectivity index (χ0v) is 14.2. The van der Waals surface area contributed by atoms with Gasteiger partial charge in [-0.05, 0) is 59.0 Å². The second-order valence-electron chi connectivity index (χ2n) is 4.15. The summed E-state index contributed by atoms with van der Waals surface area (Å²) in [5.41, 5.74) is 0.879. The highest BCUT2D eigenvalue weighted by molar-refractivity contribution is 14.1. The lowest BCUT2D eigenvalue weighted by molar-refractivity contribution is 0.102. The Morgan fingerprint density at radius 3 is 2.48 bits per heavy atom. The number of halogens is 2. The molecule has 0 atom stereocenters. The molecular formula is C13H10ClIN2O3S. The van der Waals surface area contributed by atoms with E-state index in [1.54, 1.807) is 18.2 Å². The fourth-order valence-electron chi connectivity index (χ4n) is 1.64. The van der Waals surface area contributed by atoms with Gasteiger partial charge in [-0.15, -0.1) is 0 Å². The molecule has 8 heteroatoms. The van der Waals surface area contributed by atoms with Gasteiger partial charge in [0.2, 0.25) is 10.0 Å². The lowest BCUT2D eigenvalue weighted by Gasteiger charge is -2.08. The first-order valence-electron chi connectivity index (χ1n) is 5.66. The summed E-state index contributed by atoms with van der Waals surface area (Å²) in [6, 6.07) is 11.1. The van der Waals surface area contributed by atoms with Crippen LogP contribution in [0.25, 0.3) is 0 Å². The number of carbonyl (C=O) groups excluding carboxylic acids is 1. The van der Waals surface area contributed by atoms with Gasteiger partial charge in [-0.25, -0.2) is 13.6 Å². The van der Waals surface area contributed by atoms with Gasteiger partial charge in [-0.2, -0.15) is 0 Å². The number of hydrogen-bond acceptors (Lipinski definition) is 3. The molecule has 2 rings (SSSR count). The normalized spacial score (nSPS) is 11.2. The number of rotatable bonds is 3. The second-order valence-corrected chi connectivity index (χ2v) is 7.34. The third-order valence-corrected chi connectivity index (χ3v) is 4.65. The predicted octanol–water partition coefficient (Wildman–Crippen LogP) is 2.84. The molecule has 1 amide bonds. The van der Waals surface area contributed by atoms with Crippen LogP contribution in [-0.2, 0) is 10.0 Å². The van der Waals surface area contributed by atoms with Crippen molar-refractivity contribution in [2.75, 3.05) is 5.32 Å². The molecule has 0 fully saturated rings. The van der Waals surface area contributed by atoms with Gasteiger partial charge in [0, 0.05) is 14.8 Å². The van der Waals surface area contributed by atoms with E-state index in [0.717, 1.165) is 3.57 Å². The molecule has 110 valence electrons. The standard InChI is InChI=1S/C13H10ClIN2O3S/c14-11-7-10(4-5-12(11)21(16,19)20)17-13(18)8-2-1-3-9(15)6-8/h1-7H,(H,17,18)(H2,16,19,20). The van der Waals surface area contributed by atoms with Crippen LogP contribution in [0.3, 0.4) is 0 Å². The van der Waals surface area contributed by atoms with Crippen molar-refractivity contribution in [3.8, 4) is 0 Å². The highest BCUT2D eigenvalue weighted by Gasteiger charge is 2.14. The van der Waals surface area contributed by atoms with Crippen LogP contribution in [0.5, 0.6) is 0 Å². The second kappa shape index (κ2) is 6.30. The van der Waals surface area contributed by atoms with Gasteiger partial charge < -0.3 is 5.32 Å². The number of hydrogen-bond donors (Lipinski definition) is 2. The van der Waals surface area contributed by atoms with Gasteiger partial charge in [-0.3, -0.25) is 4.79 Å². The first kappa shape index (κ1) is 16.2. The van der Waals surface area contributed by atoms with E-state index >= 15 is 0 Å². The SMILES string of the molecule is NS(=O)(=O)c1ccc(NC(=O)c2cccc(I)c2)cc1Cl. The van der Waals surface area contributed by atoms with Gasteiger partial charge in [-0.1, -0.05) is 17.7 Å². The van der Waals surface area contributed by atoms with Gasteiger partial charge >= 0.3 is 0 Å². The highest BCUT2D eigenvalue weighted by atomic mass is 127. The average molecular weight is 437 g/mol. The number of sulfonamides is 1. The Hall–Kier alpha value is -1.16. The van der Waals surface area contributed by atoms with Crippen molar-refractivity contribution >= 4 is 55.8 Å². The lowest BCUT2D eigenvalue weighted by atomic mass is 10.2. The lowest BCUT2D eigenvalue weighted by Crippen LogP contribution is -2.14. The third-order valence-electron chi connectivity index (χ3n) is 2.58. The van der Waals surface area contributed by atoms with E-state index in [1.807, 2.05) is 6.07 Å². The maximum atomic E-state index is 12.1. The fraction of sp³-hybridized carbons (Fsp3) is 0. The molecule has 0 aliphatic heterocycles. The van der Waals surface area contributed by atoms with Crippen LogP contribution >= 0.6 is 34.2 Å². The number of benzene rings is 2. The van der Waals surface area contributed by atoms with Crippen LogP contribution in [0.2, 0.25) is 5.02 Å². The van der Waals surface area contributed by atoms with Gasteiger partial charge in [0.05, 0.1) is 5.02 Å². The number of anilines is 1. The maximum Gasteiger partial charge on any atom is 0.255 e. The minimum Gasteiger partial charge on any atom is -0.322 e. The Morgan fingerprint density at radius 1 is 1.19 bits per heavy atom. The molecule has 0 bridgehead atoms. The van der Waals surface area contributed by atoms with E-state index in [-0.39, 0.29) is 15.8 Å². The molecule has 2 aromatic rings. The van der Waals surface area contributed by atoms with Crippen molar-refractivity contribution in [2.24, 2.45) is 5.14 Å². The zero-order chi connectivity index (χ0) is 15.6. The Kier molecular flexibility index (Phi) is 4.87. The quantitative estimate of drug-likeness (QED) is 0.725. The molecule has 0 aliphatic rings. The minimum atomic E-state index is -3.88. The summed E-state index contributed by atoms with van der Waals surface area (Å²) < 4.78 is 23.4. The molecule has 0 aliphatic carbocycles. The first-order chi connectivity index (χ1) is 9.77. The van der Waals surface area contributed by atoms with Crippen molar-refractivity contribution in [1.29, 1.82) is 0 Å². The molecule has 0 saturated heterocycles. The van der Waals surface area contributed by atoms with Crippen molar-refractivity contribution in [2.45, 2.75) is 4.90 Å². The zero-order valence-electron chi connectivity index (χ0n) is 10.5. The Bertz CT molecular complexity index is 809. The van der Waals surface area contributed by atoms with E-state index < -0.39 is 10.0 Å².